The van der Waals surface area contributed by atoms with E-state index >= 15 is 0 Å². The van der Waals surface area contributed by atoms with Crippen molar-refractivity contribution in [3.05, 3.63) is 136 Å². The number of imide groups is 2. The van der Waals surface area contributed by atoms with E-state index in [1.54, 1.807) is 12.1 Å². The second-order valence-corrected chi connectivity index (χ2v) is 10.6. The van der Waals surface area contributed by atoms with Crippen LogP contribution in [0.4, 0.5) is 10.5 Å². The molecule has 0 radical (unpaired) electrons. The van der Waals surface area contributed by atoms with E-state index in [-0.39, 0.29) is 11.3 Å². The first-order valence-corrected chi connectivity index (χ1v) is 13.9. The lowest BCUT2D eigenvalue weighted by Crippen LogP contribution is -2.54. The Kier molecular flexibility index (Phi) is 7.25. The number of halogens is 2. The van der Waals surface area contributed by atoms with Crippen LogP contribution < -0.4 is 10.2 Å². The number of urea groups is 1. The number of hydrogen-bond acceptors (Lipinski definition) is 3. The average Bonchev–Trinajstić information content (AvgIpc) is 3.37. The minimum absolute atomic E-state index is 0.184. The van der Waals surface area contributed by atoms with Crippen LogP contribution in [0.2, 0.25) is 10.0 Å². The summed E-state index contributed by atoms with van der Waals surface area (Å²) in [7, 11) is 0. The SMILES string of the molecule is Cc1ccc(N2C(=O)NC(=O)/C(=C\c3cc(-c4ccccc4)n(-c4ccc(Cl)cc4)c3-c3ccccc3)C2=O)cc1Cl. The number of nitrogens with one attached hydrogen (secondary N) is 1. The van der Waals surface area contributed by atoms with Crippen LogP contribution in [0, 0.1) is 6.92 Å². The van der Waals surface area contributed by atoms with Crippen molar-refractivity contribution < 1.29 is 14.4 Å². The van der Waals surface area contributed by atoms with E-state index in [1.165, 1.54) is 12.1 Å². The number of carbonyl (C=O) groups excluding carboxylic acids is 3. The number of rotatable bonds is 5. The van der Waals surface area contributed by atoms with Gasteiger partial charge in [0.1, 0.15) is 5.57 Å². The third kappa shape index (κ3) is 5.02. The minimum atomic E-state index is -0.839. The number of hydrogen-bond donors (Lipinski definition) is 1. The van der Waals surface area contributed by atoms with Gasteiger partial charge in [-0.2, -0.15) is 0 Å². The Balaban J connectivity index is 1.59. The van der Waals surface area contributed by atoms with Crippen LogP contribution in [-0.2, 0) is 9.59 Å². The van der Waals surface area contributed by atoms with Crippen LogP contribution in [0.1, 0.15) is 11.1 Å². The second-order valence-electron chi connectivity index (χ2n) is 9.77. The Morgan fingerprint density at radius 3 is 1.98 bits per heavy atom. The molecule has 4 amide bonds. The van der Waals surface area contributed by atoms with E-state index in [2.05, 4.69) is 9.88 Å². The van der Waals surface area contributed by atoms with E-state index in [9.17, 15) is 14.4 Å². The highest BCUT2D eigenvalue weighted by molar-refractivity contribution is 6.39. The Labute approximate surface area is 252 Å². The summed E-state index contributed by atoms with van der Waals surface area (Å²) in [6.45, 7) is 1.82. The summed E-state index contributed by atoms with van der Waals surface area (Å²) in [6, 6.07) is 32.9. The summed E-state index contributed by atoms with van der Waals surface area (Å²) in [4.78, 5) is 40.7. The maximum Gasteiger partial charge on any atom is 0.335 e. The molecular formula is C34H23Cl2N3O3. The lowest BCUT2D eigenvalue weighted by atomic mass is 10.0. The van der Waals surface area contributed by atoms with Crippen molar-refractivity contribution in [1.82, 2.24) is 9.88 Å². The summed E-state index contributed by atoms with van der Waals surface area (Å²) in [5, 5.41) is 3.30. The van der Waals surface area contributed by atoms with Gasteiger partial charge in [-0.05, 0) is 72.2 Å². The molecule has 5 aromatic rings. The first-order valence-electron chi connectivity index (χ1n) is 13.1. The largest absolute Gasteiger partial charge is 0.335 e. The fourth-order valence-corrected chi connectivity index (χ4v) is 5.28. The number of aromatic nitrogens is 1. The maximum atomic E-state index is 13.8. The summed E-state index contributed by atoms with van der Waals surface area (Å²) in [6.07, 6.45) is 1.54. The molecule has 0 bridgehead atoms. The highest BCUT2D eigenvalue weighted by Gasteiger charge is 2.37. The van der Waals surface area contributed by atoms with Gasteiger partial charge in [0.05, 0.1) is 17.1 Å². The molecule has 206 valence electrons. The molecule has 6 nitrogen and oxygen atoms in total. The molecule has 2 heterocycles. The van der Waals surface area contributed by atoms with Crippen molar-refractivity contribution in [2.75, 3.05) is 4.90 Å². The zero-order valence-corrected chi connectivity index (χ0v) is 23.9. The van der Waals surface area contributed by atoms with E-state index < -0.39 is 17.8 Å². The highest BCUT2D eigenvalue weighted by atomic mass is 35.5. The van der Waals surface area contributed by atoms with Gasteiger partial charge in [-0.1, -0.05) is 89.9 Å². The predicted octanol–water partition coefficient (Wildman–Crippen LogP) is 8.09. The Morgan fingerprint density at radius 1 is 0.714 bits per heavy atom. The van der Waals surface area contributed by atoms with Crippen molar-refractivity contribution in [2.45, 2.75) is 6.92 Å². The number of benzene rings is 4. The molecule has 1 saturated heterocycles. The van der Waals surface area contributed by atoms with E-state index in [0.29, 0.717) is 15.6 Å². The standard InChI is InChI=1S/C34H23Cl2N3O3/c1-21-12-15-27(20-29(21)36)39-33(41)28(32(40)37-34(39)42)18-24-19-30(22-8-4-2-5-9-22)38(26-16-13-25(35)14-17-26)31(24)23-10-6-3-7-11-23/h2-20H,1H3,(H,37,40,42)/b28-18+. The molecule has 1 fully saturated rings. The molecule has 0 atom stereocenters. The summed E-state index contributed by atoms with van der Waals surface area (Å²) in [5.74, 6) is -1.53. The fraction of sp³-hybridized carbons (Fsp3) is 0.0294. The van der Waals surface area contributed by atoms with E-state index in [1.807, 2.05) is 97.9 Å². The molecule has 0 spiro atoms. The molecule has 0 unspecified atom stereocenters. The van der Waals surface area contributed by atoms with Gasteiger partial charge < -0.3 is 4.57 Å². The predicted molar refractivity (Wildman–Crippen MR) is 167 cm³/mol. The molecule has 1 aliphatic rings. The molecule has 42 heavy (non-hydrogen) atoms. The summed E-state index contributed by atoms with van der Waals surface area (Å²) in [5.41, 5.74) is 5.72. The van der Waals surface area contributed by atoms with Gasteiger partial charge in [0.2, 0.25) is 0 Å². The number of carbonyl (C=O) groups is 3. The highest BCUT2D eigenvalue weighted by Crippen LogP contribution is 2.38. The van der Waals surface area contributed by atoms with Crippen LogP contribution in [0.25, 0.3) is 34.3 Å². The zero-order chi connectivity index (χ0) is 29.4. The molecule has 1 aromatic heterocycles. The number of aryl methyl sites for hydroxylation is 1. The van der Waals surface area contributed by atoms with Crippen LogP contribution in [0.5, 0.6) is 0 Å². The third-order valence-electron chi connectivity index (χ3n) is 7.05. The van der Waals surface area contributed by atoms with Crippen LogP contribution in [0.15, 0.2) is 115 Å². The minimum Gasteiger partial charge on any atom is -0.309 e. The summed E-state index contributed by atoms with van der Waals surface area (Å²) >= 11 is 12.5. The van der Waals surface area contributed by atoms with Crippen LogP contribution >= 0.6 is 23.2 Å². The molecule has 1 aliphatic heterocycles. The summed E-state index contributed by atoms with van der Waals surface area (Å²) < 4.78 is 2.07. The van der Waals surface area contributed by atoms with Gasteiger partial charge in [-0.3, -0.25) is 14.9 Å². The smallest absolute Gasteiger partial charge is 0.309 e. The Morgan fingerprint density at radius 2 is 1.33 bits per heavy atom. The van der Waals surface area contributed by atoms with Gasteiger partial charge in [-0.25, -0.2) is 9.69 Å². The molecule has 6 rings (SSSR count). The third-order valence-corrected chi connectivity index (χ3v) is 7.71. The van der Waals surface area contributed by atoms with Crippen molar-refractivity contribution in [2.24, 2.45) is 0 Å². The normalized spacial score (nSPS) is 14.4. The van der Waals surface area contributed by atoms with Gasteiger partial charge in [-0.15, -0.1) is 0 Å². The molecule has 0 aliphatic carbocycles. The molecule has 8 heteroatoms. The van der Waals surface area contributed by atoms with Crippen LogP contribution in [0.3, 0.4) is 0 Å². The average molecular weight is 592 g/mol. The van der Waals surface area contributed by atoms with Crippen LogP contribution in [-0.4, -0.2) is 22.4 Å². The monoisotopic (exact) mass is 591 g/mol. The first kappa shape index (κ1) is 27.3. The zero-order valence-electron chi connectivity index (χ0n) is 22.3. The van der Waals surface area contributed by atoms with E-state index in [4.69, 9.17) is 23.2 Å². The van der Waals surface area contributed by atoms with Crippen molar-refractivity contribution in [3.8, 4) is 28.2 Å². The van der Waals surface area contributed by atoms with Crippen molar-refractivity contribution in [1.29, 1.82) is 0 Å². The van der Waals surface area contributed by atoms with Crippen molar-refractivity contribution in [3.63, 3.8) is 0 Å². The topological polar surface area (TPSA) is 71.4 Å². The van der Waals surface area contributed by atoms with Gasteiger partial charge >= 0.3 is 6.03 Å². The number of barbiturate groups is 1. The lowest BCUT2D eigenvalue weighted by Gasteiger charge is -2.26. The van der Waals surface area contributed by atoms with Gasteiger partial charge in [0, 0.05) is 21.3 Å². The molecule has 0 saturated carbocycles. The number of anilines is 1. The number of nitrogens with zero attached hydrogens (tertiary/aromatic N) is 2. The maximum absolute atomic E-state index is 13.8. The second kappa shape index (κ2) is 11.2. The Bertz CT molecular complexity index is 1880. The van der Waals surface area contributed by atoms with Gasteiger partial charge in [0.15, 0.2) is 0 Å². The van der Waals surface area contributed by atoms with Gasteiger partial charge in [0.25, 0.3) is 11.8 Å². The molecular weight excluding hydrogens is 569 g/mol. The lowest BCUT2D eigenvalue weighted by molar-refractivity contribution is -0.122. The molecule has 4 aromatic carbocycles. The first-order chi connectivity index (χ1) is 20.3. The van der Waals surface area contributed by atoms with Crippen molar-refractivity contribution >= 4 is 52.8 Å². The van der Waals surface area contributed by atoms with E-state index in [0.717, 1.165) is 38.7 Å². The molecule has 1 N–H and O–H groups in total. The quantitative estimate of drug-likeness (QED) is 0.166. The Hall–Kier alpha value is -4.91. The fourth-order valence-electron chi connectivity index (χ4n) is 4.98. The number of amides is 4.